The summed E-state index contributed by atoms with van der Waals surface area (Å²) in [6.45, 7) is 1.87. The van der Waals surface area contributed by atoms with Crippen molar-refractivity contribution in [3.8, 4) is 0 Å². The summed E-state index contributed by atoms with van der Waals surface area (Å²) in [4.78, 5) is 22.1. The van der Waals surface area contributed by atoms with Crippen LogP contribution < -0.4 is 5.32 Å². The van der Waals surface area contributed by atoms with E-state index in [9.17, 15) is 14.9 Å². The van der Waals surface area contributed by atoms with Crippen LogP contribution in [0.5, 0.6) is 0 Å². The summed E-state index contributed by atoms with van der Waals surface area (Å²) in [5, 5.41) is 14.0. The number of amides is 1. The van der Waals surface area contributed by atoms with Crippen LogP contribution in [0.1, 0.15) is 11.1 Å². The lowest BCUT2D eigenvalue weighted by Gasteiger charge is -2.07. The molecule has 2 aromatic carbocycles. The third-order valence-electron chi connectivity index (χ3n) is 2.94. The van der Waals surface area contributed by atoms with Crippen LogP contribution >= 0.6 is 11.6 Å². The van der Waals surface area contributed by atoms with Gasteiger partial charge in [0, 0.05) is 22.8 Å². The lowest BCUT2D eigenvalue weighted by Crippen LogP contribution is -2.14. The van der Waals surface area contributed by atoms with E-state index in [0.717, 1.165) is 5.56 Å². The summed E-state index contributed by atoms with van der Waals surface area (Å²) >= 11 is 5.99. The number of aryl methyl sites for hydroxylation is 1. The number of nitrogens with zero attached hydrogens (tertiary/aromatic N) is 1. The first-order valence-corrected chi connectivity index (χ1v) is 6.63. The minimum absolute atomic E-state index is 0.0290. The molecule has 0 spiro atoms. The first-order valence-electron chi connectivity index (χ1n) is 6.25. The average Bonchev–Trinajstić information content (AvgIpc) is 2.43. The second-order valence-corrected chi connectivity index (χ2v) is 5.02. The molecule has 5 nitrogen and oxygen atoms in total. The Hall–Kier alpha value is -2.40. The molecule has 0 aliphatic rings. The second-order valence-electron chi connectivity index (χ2n) is 4.62. The minimum Gasteiger partial charge on any atom is -0.326 e. The Kier molecular flexibility index (Phi) is 4.55. The fraction of sp³-hybridized carbons (Fsp3) is 0.133. The van der Waals surface area contributed by atoms with Crippen molar-refractivity contribution in [3.05, 3.63) is 68.7 Å². The molecule has 0 aliphatic heterocycles. The van der Waals surface area contributed by atoms with Gasteiger partial charge in [-0.25, -0.2) is 0 Å². The maximum atomic E-state index is 11.9. The molecular formula is C15H13ClN2O3. The highest BCUT2D eigenvalue weighted by Gasteiger charge is 2.09. The Labute approximate surface area is 126 Å². The van der Waals surface area contributed by atoms with Crippen LogP contribution in [0.25, 0.3) is 0 Å². The zero-order valence-electron chi connectivity index (χ0n) is 11.3. The largest absolute Gasteiger partial charge is 0.326 e. The number of nitrogens with one attached hydrogen (secondary N) is 1. The van der Waals surface area contributed by atoms with E-state index in [2.05, 4.69) is 5.32 Å². The first-order chi connectivity index (χ1) is 9.95. The summed E-state index contributed by atoms with van der Waals surface area (Å²) < 4.78 is 0. The Balaban J connectivity index is 2.06. The molecule has 21 heavy (non-hydrogen) atoms. The maximum absolute atomic E-state index is 11.9. The molecule has 2 aromatic rings. The Bertz CT molecular complexity index is 701. The Morgan fingerprint density at radius 3 is 2.71 bits per heavy atom. The molecule has 0 saturated heterocycles. The summed E-state index contributed by atoms with van der Waals surface area (Å²) in [6, 6.07) is 11.3. The Morgan fingerprint density at radius 1 is 1.29 bits per heavy atom. The molecule has 2 rings (SSSR count). The first kappa shape index (κ1) is 15.0. The van der Waals surface area contributed by atoms with Gasteiger partial charge in [-0.3, -0.25) is 14.9 Å². The van der Waals surface area contributed by atoms with Gasteiger partial charge in [-0.1, -0.05) is 29.8 Å². The van der Waals surface area contributed by atoms with E-state index in [0.29, 0.717) is 16.3 Å². The van der Waals surface area contributed by atoms with Crippen molar-refractivity contribution in [3.63, 3.8) is 0 Å². The number of benzene rings is 2. The lowest BCUT2D eigenvalue weighted by molar-refractivity contribution is -0.384. The molecule has 0 aliphatic carbocycles. The van der Waals surface area contributed by atoms with Crippen LogP contribution in [0.3, 0.4) is 0 Å². The normalized spacial score (nSPS) is 10.2. The third-order valence-corrected chi connectivity index (χ3v) is 3.35. The summed E-state index contributed by atoms with van der Waals surface area (Å²) in [6.07, 6.45) is 0.0627. The van der Waals surface area contributed by atoms with E-state index in [4.69, 9.17) is 11.6 Å². The van der Waals surface area contributed by atoms with Gasteiger partial charge in [0.05, 0.1) is 11.3 Å². The number of carbonyl (C=O) groups is 1. The number of anilines is 1. The highest BCUT2D eigenvalue weighted by molar-refractivity contribution is 6.31. The number of nitro groups is 1. The van der Waals surface area contributed by atoms with Crippen molar-refractivity contribution in [2.24, 2.45) is 0 Å². The van der Waals surface area contributed by atoms with Crippen molar-refractivity contribution < 1.29 is 9.72 Å². The quantitative estimate of drug-likeness (QED) is 0.691. The van der Waals surface area contributed by atoms with Gasteiger partial charge in [0.15, 0.2) is 0 Å². The number of non-ortho nitro benzene ring substituents is 1. The van der Waals surface area contributed by atoms with E-state index in [-0.39, 0.29) is 18.0 Å². The average molecular weight is 305 g/mol. The molecule has 0 fully saturated rings. The molecule has 0 unspecified atom stereocenters. The highest BCUT2D eigenvalue weighted by Crippen LogP contribution is 2.20. The number of nitro benzene ring substituents is 1. The summed E-state index contributed by atoms with van der Waals surface area (Å²) in [7, 11) is 0. The van der Waals surface area contributed by atoms with E-state index in [1.807, 2.05) is 13.0 Å². The van der Waals surface area contributed by atoms with Gasteiger partial charge in [0.25, 0.3) is 5.69 Å². The molecule has 0 atom stereocenters. The molecule has 1 amide bonds. The molecule has 0 radical (unpaired) electrons. The zero-order valence-corrected chi connectivity index (χ0v) is 12.1. The maximum Gasteiger partial charge on any atom is 0.269 e. The standard InChI is InChI=1S/C15H13ClN2O3/c1-10-5-6-12(9-14(10)16)17-15(19)8-11-3-2-4-13(7-11)18(20)21/h2-7,9H,8H2,1H3,(H,17,19). The highest BCUT2D eigenvalue weighted by atomic mass is 35.5. The van der Waals surface area contributed by atoms with Crippen LogP contribution in [-0.2, 0) is 11.2 Å². The number of carbonyl (C=O) groups excluding carboxylic acids is 1. The minimum atomic E-state index is -0.485. The predicted molar refractivity (Wildman–Crippen MR) is 81.6 cm³/mol. The van der Waals surface area contributed by atoms with E-state index < -0.39 is 4.92 Å². The van der Waals surface area contributed by atoms with Crippen LogP contribution in [0.15, 0.2) is 42.5 Å². The van der Waals surface area contributed by atoms with Gasteiger partial charge in [-0.15, -0.1) is 0 Å². The summed E-state index contributed by atoms with van der Waals surface area (Å²) in [5.74, 6) is -0.254. The van der Waals surface area contributed by atoms with Crippen molar-refractivity contribution in [1.82, 2.24) is 0 Å². The molecule has 0 aromatic heterocycles. The van der Waals surface area contributed by atoms with E-state index in [1.165, 1.54) is 12.1 Å². The molecule has 1 N–H and O–H groups in total. The number of rotatable bonds is 4. The Morgan fingerprint density at radius 2 is 2.05 bits per heavy atom. The van der Waals surface area contributed by atoms with Crippen molar-refractivity contribution in [1.29, 1.82) is 0 Å². The van der Waals surface area contributed by atoms with Crippen LogP contribution in [0.2, 0.25) is 5.02 Å². The third kappa shape index (κ3) is 4.03. The van der Waals surface area contributed by atoms with Gasteiger partial charge in [-0.05, 0) is 30.2 Å². The van der Waals surface area contributed by atoms with Crippen molar-refractivity contribution in [2.75, 3.05) is 5.32 Å². The molecule has 0 saturated carbocycles. The molecule has 0 bridgehead atoms. The van der Waals surface area contributed by atoms with Crippen molar-refractivity contribution >= 4 is 28.9 Å². The molecule has 6 heteroatoms. The molecule has 108 valence electrons. The van der Waals surface area contributed by atoms with Gasteiger partial charge >= 0.3 is 0 Å². The monoisotopic (exact) mass is 304 g/mol. The van der Waals surface area contributed by atoms with E-state index >= 15 is 0 Å². The van der Waals surface area contributed by atoms with Gasteiger partial charge in [0.1, 0.15) is 0 Å². The fourth-order valence-corrected chi connectivity index (χ4v) is 2.02. The zero-order chi connectivity index (χ0) is 15.4. The summed E-state index contributed by atoms with van der Waals surface area (Å²) in [5.41, 5.74) is 2.08. The predicted octanol–water partition coefficient (Wildman–Crippen LogP) is 3.74. The van der Waals surface area contributed by atoms with Gasteiger partial charge < -0.3 is 5.32 Å². The van der Waals surface area contributed by atoms with Gasteiger partial charge in [-0.2, -0.15) is 0 Å². The topological polar surface area (TPSA) is 72.2 Å². The molecule has 0 heterocycles. The number of hydrogen-bond donors (Lipinski definition) is 1. The number of hydrogen-bond acceptors (Lipinski definition) is 3. The lowest BCUT2D eigenvalue weighted by atomic mass is 10.1. The van der Waals surface area contributed by atoms with Crippen LogP contribution in [0, 0.1) is 17.0 Å². The van der Waals surface area contributed by atoms with E-state index in [1.54, 1.807) is 24.3 Å². The SMILES string of the molecule is Cc1ccc(NC(=O)Cc2cccc([N+](=O)[O-])c2)cc1Cl. The van der Waals surface area contributed by atoms with Crippen LogP contribution in [-0.4, -0.2) is 10.8 Å². The number of halogens is 1. The smallest absolute Gasteiger partial charge is 0.269 e. The second kappa shape index (κ2) is 6.37. The fourth-order valence-electron chi connectivity index (χ4n) is 1.84. The molecular weight excluding hydrogens is 292 g/mol. The van der Waals surface area contributed by atoms with Gasteiger partial charge in [0.2, 0.25) is 5.91 Å². The van der Waals surface area contributed by atoms with Crippen LogP contribution in [0.4, 0.5) is 11.4 Å². The van der Waals surface area contributed by atoms with Crippen molar-refractivity contribution in [2.45, 2.75) is 13.3 Å².